The Bertz CT molecular complexity index is 247. The van der Waals surface area contributed by atoms with Gasteiger partial charge in [-0.2, -0.15) is 5.26 Å². The molecule has 0 unspecified atom stereocenters. The van der Waals surface area contributed by atoms with Crippen molar-refractivity contribution in [3.8, 4) is 6.07 Å². The quantitative estimate of drug-likeness (QED) is 0.502. The van der Waals surface area contributed by atoms with Gasteiger partial charge in [-0.1, -0.05) is 47.6 Å². The lowest BCUT2D eigenvalue weighted by molar-refractivity contribution is 0.827. The highest BCUT2D eigenvalue weighted by Crippen LogP contribution is 2.45. The van der Waals surface area contributed by atoms with E-state index >= 15 is 0 Å². The molecule has 0 spiro atoms. The number of allylic oxidation sites excluding steroid dienone is 2. The zero-order chi connectivity index (χ0) is 12.2. The molecule has 0 fully saturated rings. The van der Waals surface area contributed by atoms with Gasteiger partial charge in [-0.25, -0.2) is 0 Å². The van der Waals surface area contributed by atoms with Gasteiger partial charge in [0.25, 0.3) is 0 Å². The lowest BCUT2D eigenvalue weighted by Gasteiger charge is -2.42. The van der Waals surface area contributed by atoms with E-state index in [1.165, 1.54) is 0 Å². The molecular formula is C13H25NSi. The highest BCUT2D eigenvalue weighted by Gasteiger charge is 2.45. The van der Waals surface area contributed by atoms with Crippen molar-refractivity contribution in [1.82, 2.24) is 0 Å². The summed E-state index contributed by atoms with van der Waals surface area (Å²) in [5.41, 5.74) is 1.88. The van der Waals surface area contributed by atoms with Crippen LogP contribution in [0.15, 0.2) is 11.3 Å². The van der Waals surface area contributed by atoms with Crippen molar-refractivity contribution in [3.05, 3.63) is 11.3 Å². The molecule has 0 rings (SSSR count). The number of nitriles is 1. The number of rotatable bonds is 4. The number of hydrogen-bond donors (Lipinski definition) is 0. The van der Waals surface area contributed by atoms with E-state index in [2.05, 4.69) is 47.6 Å². The fourth-order valence-corrected chi connectivity index (χ4v) is 9.90. The van der Waals surface area contributed by atoms with Crippen molar-refractivity contribution < 1.29 is 0 Å². The van der Waals surface area contributed by atoms with Crippen LogP contribution in [0.2, 0.25) is 16.6 Å². The lowest BCUT2D eigenvalue weighted by atomic mass is 10.5. The Kier molecular flexibility index (Phi) is 5.31. The molecule has 0 heterocycles. The SMILES string of the molecule is CC=C(C#N)[Si](C(C)C)(C(C)C)C(C)C. The highest BCUT2D eigenvalue weighted by molar-refractivity contribution is 6.90. The summed E-state index contributed by atoms with van der Waals surface area (Å²) >= 11 is 0. The average Bonchev–Trinajstić information content (AvgIpc) is 2.11. The Hall–Kier alpha value is -0.553. The van der Waals surface area contributed by atoms with Crippen LogP contribution in [0.1, 0.15) is 48.5 Å². The van der Waals surface area contributed by atoms with Gasteiger partial charge in [0.2, 0.25) is 0 Å². The molecule has 1 nitrogen and oxygen atoms in total. The maximum Gasteiger partial charge on any atom is 0.107 e. The third-order valence-electron chi connectivity index (χ3n) is 3.74. The largest absolute Gasteiger partial charge is 0.193 e. The summed E-state index contributed by atoms with van der Waals surface area (Å²) in [6, 6.07) is 2.46. The normalized spacial score (nSPS) is 13.8. The molecule has 0 saturated carbocycles. The van der Waals surface area contributed by atoms with Crippen molar-refractivity contribution in [3.63, 3.8) is 0 Å². The topological polar surface area (TPSA) is 23.8 Å². The Labute approximate surface area is 96.2 Å². The smallest absolute Gasteiger partial charge is 0.107 e. The minimum atomic E-state index is -1.66. The van der Waals surface area contributed by atoms with Crippen molar-refractivity contribution in [1.29, 1.82) is 5.26 Å². The maximum atomic E-state index is 9.32. The van der Waals surface area contributed by atoms with E-state index in [0.29, 0.717) is 16.6 Å². The summed E-state index contributed by atoms with van der Waals surface area (Å²) in [7, 11) is -1.66. The van der Waals surface area contributed by atoms with Crippen LogP contribution in [0.4, 0.5) is 0 Å². The van der Waals surface area contributed by atoms with E-state index < -0.39 is 8.07 Å². The molecule has 0 aromatic heterocycles. The van der Waals surface area contributed by atoms with Gasteiger partial charge in [0.05, 0.1) is 6.07 Å². The first kappa shape index (κ1) is 14.4. The Morgan fingerprint density at radius 2 is 1.33 bits per heavy atom. The molecule has 0 bridgehead atoms. The van der Waals surface area contributed by atoms with Gasteiger partial charge in [0.1, 0.15) is 8.07 Å². The second-order valence-electron chi connectivity index (χ2n) is 5.21. The summed E-state index contributed by atoms with van der Waals surface area (Å²) in [4.78, 5) is 0. The molecule has 0 aliphatic heterocycles. The standard InChI is InChI=1S/C13H25NSi/c1-8-13(9-14)15(10(2)3,11(4)5)12(6)7/h8,10-12H,1-7H3. The van der Waals surface area contributed by atoms with Crippen LogP contribution in [0.3, 0.4) is 0 Å². The van der Waals surface area contributed by atoms with Crippen molar-refractivity contribution in [2.45, 2.75) is 65.1 Å². The molecule has 0 aliphatic rings. The Morgan fingerprint density at radius 3 is 1.40 bits per heavy atom. The van der Waals surface area contributed by atoms with Gasteiger partial charge in [-0.15, -0.1) is 0 Å². The predicted octanol–water partition coefficient (Wildman–Crippen LogP) is 4.67. The van der Waals surface area contributed by atoms with Crippen molar-refractivity contribution >= 4 is 8.07 Å². The van der Waals surface area contributed by atoms with Gasteiger partial charge in [-0.3, -0.25) is 0 Å². The minimum Gasteiger partial charge on any atom is -0.193 e. The highest BCUT2D eigenvalue weighted by atomic mass is 28.3. The van der Waals surface area contributed by atoms with Gasteiger partial charge >= 0.3 is 0 Å². The first-order valence-electron chi connectivity index (χ1n) is 5.92. The molecule has 0 radical (unpaired) electrons. The molecule has 86 valence electrons. The van der Waals surface area contributed by atoms with Gasteiger partial charge in [0.15, 0.2) is 0 Å². The first-order valence-corrected chi connectivity index (χ1v) is 8.15. The molecule has 0 aliphatic carbocycles. The molecule has 0 saturated heterocycles. The Balaban J connectivity index is 5.65. The zero-order valence-corrected chi connectivity index (χ0v) is 12.3. The molecule has 0 aromatic carbocycles. The monoisotopic (exact) mass is 223 g/mol. The van der Waals surface area contributed by atoms with E-state index in [4.69, 9.17) is 0 Å². The average molecular weight is 223 g/mol. The second-order valence-corrected chi connectivity index (χ2v) is 11.1. The summed E-state index contributed by atoms with van der Waals surface area (Å²) in [6.07, 6.45) is 2.05. The van der Waals surface area contributed by atoms with Crippen LogP contribution in [-0.2, 0) is 0 Å². The molecule has 15 heavy (non-hydrogen) atoms. The predicted molar refractivity (Wildman–Crippen MR) is 70.4 cm³/mol. The third-order valence-corrected chi connectivity index (χ3v) is 10.8. The summed E-state index contributed by atoms with van der Waals surface area (Å²) in [6.45, 7) is 15.7. The van der Waals surface area contributed by atoms with E-state index in [9.17, 15) is 5.26 Å². The molecule has 0 N–H and O–H groups in total. The molecular weight excluding hydrogens is 198 g/mol. The first-order chi connectivity index (χ1) is 6.85. The molecule has 0 atom stereocenters. The maximum absolute atomic E-state index is 9.32. The van der Waals surface area contributed by atoms with Gasteiger partial charge < -0.3 is 0 Å². The van der Waals surface area contributed by atoms with E-state index in [-0.39, 0.29) is 0 Å². The van der Waals surface area contributed by atoms with Gasteiger partial charge in [0, 0.05) is 5.20 Å². The van der Waals surface area contributed by atoms with E-state index in [1.807, 2.05) is 13.0 Å². The molecule has 0 amide bonds. The summed E-state index contributed by atoms with van der Waals surface area (Å²) in [5, 5.41) is 10.4. The fraction of sp³-hybridized carbons (Fsp3) is 0.769. The van der Waals surface area contributed by atoms with Crippen molar-refractivity contribution in [2.24, 2.45) is 0 Å². The zero-order valence-electron chi connectivity index (χ0n) is 11.3. The summed E-state index contributed by atoms with van der Waals surface area (Å²) < 4.78 is 0. The van der Waals surface area contributed by atoms with Crippen LogP contribution in [0.25, 0.3) is 0 Å². The lowest BCUT2D eigenvalue weighted by Crippen LogP contribution is -2.46. The van der Waals surface area contributed by atoms with Crippen LogP contribution in [0, 0.1) is 11.3 Å². The Morgan fingerprint density at radius 1 is 1.00 bits per heavy atom. The van der Waals surface area contributed by atoms with Crippen LogP contribution < -0.4 is 0 Å². The number of nitrogens with zero attached hydrogens (tertiary/aromatic N) is 1. The van der Waals surface area contributed by atoms with Crippen LogP contribution in [-0.4, -0.2) is 8.07 Å². The summed E-state index contributed by atoms with van der Waals surface area (Å²) in [5.74, 6) is 0. The molecule has 2 heteroatoms. The van der Waals surface area contributed by atoms with Crippen LogP contribution >= 0.6 is 0 Å². The fourth-order valence-electron chi connectivity index (χ4n) is 3.34. The van der Waals surface area contributed by atoms with Gasteiger partial charge in [-0.05, 0) is 23.5 Å². The third kappa shape index (κ3) is 2.34. The van der Waals surface area contributed by atoms with Crippen LogP contribution in [0.5, 0.6) is 0 Å². The van der Waals surface area contributed by atoms with E-state index in [0.717, 1.165) is 5.20 Å². The molecule has 0 aromatic rings. The van der Waals surface area contributed by atoms with E-state index in [1.54, 1.807) is 0 Å². The number of hydrogen-bond acceptors (Lipinski definition) is 1. The minimum absolute atomic E-state index is 0.628. The second kappa shape index (κ2) is 5.51. The van der Waals surface area contributed by atoms with Crippen molar-refractivity contribution in [2.75, 3.05) is 0 Å².